The van der Waals surface area contributed by atoms with Crippen LogP contribution in [0.25, 0.3) is 0 Å². The molecule has 0 saturated heterocycles. The van der Waals surface area contributed by atoms with Gasteiger partial charge in [0, 0.05) is 17.9 Å². The molecule has 7 N–H and O–H groups in total. The van der Waals surface area contributed by atoms with Gasteiger partial charge in [-0.15, -0.1) is 0 Å². The third-order valence-electron chi connectivity index (χ3n) is 14.2. The standard InChI is InChI=1S/C12H15BrO.2C12H17BrO.2C11H15BrO.2C6H5BrO/c13-10-6-7-12(14)11(8-10)9-4-2-1-3-5-9;1-2-3-4-5-7-10-8-6-9-11(14)12(10)13;1-2-3-4-5-6-10-9-11(13)7-8-12(10)14;1-4-11(2,3)8-6-5-7-9(13)10(8)12;1-3-4-8(2)10-7-9(12)5-6-11(10)13;7-5-1-3-6(8)4-2-5;7-5-3-1-2-4-6(5)8/h6-9,14H,1-5H2;6,8-9,14H,2-5,7H2,1H3;7-9,14H,2-6H2,1H3;5-7,13H,4H2,1-3H3;5-8,13H,3-4H2,1-2H3;2*1-4,8H. The predicted molar refractivity (Wildman–Crippen MR) is 379 cm³/mol. The van der Waals surface area contributed by atoms with E-state index in [4.69, 9.17) is 10.2 Å². The molecule has 0 aromatic heterocycles. The molecule has 1 atom stereocenters. The highest BCUT2D eigenvalue weighted by Gasteiger charge is 2.22. The highest BCUT2D eigenvalue weighted by molar-refractivity contribution is 9.11. The van der Waals surface area contributed by atoms with Crippen molar-refractivity contribution in [3.05, 3.63) is 199 Å². The molecule has 0 aliphatic heterocycles. The number of aromatic hydroxyl groups is 7. The lowest BCUT2D eigenvalue weighted by molar-refractivity contribution is 0.414. The normalized spacial score (nSPS) is 12.1. The second-order valence-electron chi connectivity index (χ2n) is 21.4. The van der Waals surface area contributed by atoms with Gasteiger partial charge >= 0.3 is 0 Å². The molecule has 1 fully saturated rings. The van der Waals surface area contributed by atoms with Gasteiger partial charge in [0.05, 0.1) is 13.4 Å². The molecule has 1 aliphatic carbocycles. The summed E-state index contributed by atoms with van der Waals surface area (Å²) in [6, 6.07) is 42.1. The highest BCUT2D eigenvalue weighted by atomic mass is 79.9. The maximum atomic E-state index is 9.77. The molecule has 14 heteroatoms. The van der Waals surface area contributed by atoms with Crippen LogP contribution in [0.15, 0.2) is 171 Å². The van der Waals surface area contributed by atoms with Crippen LogP contribution >= 0.6 is 112 Å². The minimum absolute atomic E-state index is 0.109. The van der Waals surface area contributed by atoms with E-state index in [0.717, 1.165) is 92.1 Å². The average molecular weight is 1600 g/mol. The summed E-state index contributed by atoms with van der Waals surface area (Å²) in [5.74, 6) is 3.54. The first-order chi connectivity index (χ1) is 40.0. The number of aryl methyl sites for hydroxylation is 2. The summed E-state index contributed by atoms with van der Waals surface area (Å²) >= 11 is 23.4. The second kappa shape index (κ2) is 43.2. The van der Waals surface area contributed by atoms with Crippen molar-refractivity contribution >= 4 is 112 Å². The Morgan fingerprint density at radius 1 is 0.440 bits per heavy atom. The molecular weight excluding hydrogens is 1510 g/mol. The van der Waals surface area contributed by atoms with Crippen LogP contribution in [0.3, 0.4) is 0 Å². The van der Waals surface area contributed by atoms with Crippen molar-refractivity contribution in [2.45, 2.75) is 181 Å². The summed E-state index contributed by atoms with van der Waals surface area (Å²) < 4.78 is 6.54. The fourth-order valence-electron chi connectivity index (χ4n) is 8.90. The van der Waals surface area contributed by atoms with Gasteiger partial charge in [0.2, 0.25) is 0 Å². The number of benzene rings is 7. The molecule has 7 aromatic rings. The van der Waals surface area contributed by atoms with Crippen molar-refractivity contribution in [1.29, 1.82) is 0 Å². The van der Waals surface area contributed by atoms with E-state index in [-0.39, 0.29) is 11.2 Å². The lowest BCUT2D eigenvalue weighted by Crippen LogP contribution is -2.15. The number of phenolic OH excluding ortho intramolecular Hbond substituents is 7. The number of rotatable bonds is 16. The molecule has 84 heavy (non-hydrogen) atoms. The first kappa shape index (κ1) is 76.6. The molecule has 460 valence electrons. The zero-order chi connectivity index (χ0) is 62.6. The van der Waals surface area contributed by atoms with Crippen LogP contribution in [-0.2, 0) is 18.3 Å². The van der Waals surface area contributed by atoms with Crippen LogP contribution in [0.2, 0.25) is 0 Å². The summed E-state index contributed by atoms with van der Waals surface area (Å²) in [7, 11) is 0. The number of unbranched alkanes of at least 4 members (excludes halogenated alkanes) is 6. The van der Waals surface area contributed by atoms with E-state index in [1.54, 1.807) is 72.8 Å². The van der Waals surface area contributed by atoms with Crippen LogP contribution in [-0.4, -0.2) is 35.7 Å². The van der Waals surface area contributed by atoms with Crippen molar-refractivity contribution in [2.24, 2.45) is 0 Å². The van der Waals surface area contributed by atoms with Crippen molar-refractivity contribution < 1.29 is 35.7 Å². The fraction of sp³-hybridized carbons (Fsp3) is 0.400. The van der Waals surface area contributed by atoms with Gasteiger partial charge in [-0.1, -0.05) is 213 Å². The largest absolute Gasteiger partial charge is 0.508 e. The van der Waals surface area contributed by atoms with Crippen LogP contribution in [0.1, 0.15) is 191 Å². The summed E-state index contributed by atoms with van der Waals surface area (Å²) in [6.07, 6.45) is 21.8. The number of halogens is 7. The molecule has 0 radical (unpaired) electrons. The summed E-state index contributed by atoms with van der Waals surface area (Å²) in [5.41, 5.74) is 5.69. The maximum Gasteiger partial charge on any atom is 0.130 e. The smallest absolute Gasteiger partial charge is 0.130 e. The second-order valence-corrected chi connectivity index (χ2v) is 27.5. The summed E-state index contributed by atoms with van der Waals surface area (Å²) in [6.45, 7) is 15.2. The number of hydrogen-bond donors (Lipinski definition) is 7. The fourth-order valence-corrected chi connectivity index (χ4v) is 11.9. The Balaban J connectivity index is 0.000000337. The van der Waals surface area contributed by atoms with Gasteiger partial charge in [-0.2, -0.15) is 0 Å². The van der Waals surface area contributed by atoms with E-state index in [9.17, 15) is 25.5 Å². The minimum Gasteiger partial charge on any atom is -0.508 e. The van der Waals surface area contributed by atoms with E-state index in [1.165, 1.54) is 82.6 Å². The third kappa shape index (κ3) is 30.4. The SMILES string of the molecule is CCC(C)(C)c1cccc(O)c1Br.CCCC(C)c1cc(Br)ccc1O.CCCCCCc1cc(Br)ccc1O.CCCCCCc1cccc(O)c1Br.Oc1ccc(Br)cc1.Oc1ccc(Br)cc1C1CCCCC1.Oc1ccccc1Br. The minimum atomic E-state index is 0.109. The van der Waals surface area contributed by atoms with Gasteiger partial charge in [-0.3, -0.25) is 0 Å². The van der Waals surface area contributed by atoms with E-state index >= 15 is 0 Å². The van der Waals surface area contributed by atoms with E-state index in [2.05, 4.69) is 172 Å². The first-order valence-electron chi connectivity index (χ1n) is 29.3. The monoisotopic (exact) mass is 1590 g/mol. The van der Waals surface area contributed by atoms with E-state index < -0.39 is 0 Å². The molecule has 0 amide bonds. The third-order valence-corrected chi connectivity index (χ3v) is 18.7. The van der Waals surface area contributed by atoms with Gasteiger partial charge in [0.25, 0.3) is 0 Å². The van der Waals surface area contributed by atoms with Crippen molar-refractivity contribution in [3.8, 4) is 40.2 Å². The van der Waals surface area contributed by atoms with Crippen molar-refractivity contribution in [1.82, 2.24) is 0 Å². The van der Waals surface area contributed by atoms with Gasteiger partial charge < -0.3 is 35.7 Å². The molecule has 0 spiro atoms. The van der Waals surface area contributed by atoms with Crippen molar-refractivity contribution in [3.63, 3.8) is 0 Å². The van der Waals surface area contributed by atoms with Gasteiger partial charge in [-0.05, 0) is 247 Å². The molecule has 1 saturated carbocycles. The van der Waals surface area contributed by atoms with Gasteiger partial charge in [0.15, 0.2) is 0 Å². The number of hydrogen-bond acceptors (Lipinski definition) is 7. The van der Waals surface area contributed by atoms with Crippen LogP contribution in [0.5, 0.6) is 40.2 Å². The maximum absolute atomic E-state index is 9.77. The Labute approximate surface area is 562 Å². The van der Waals surface area contributed by atoms with Crippen LogP contribution in [0, 0.1) is 0 Å². The lowest BCUT2D eigenvalue weighted by atomic mass is 9.82. The quantitative estimate of drug-likeness (QED) is 0.0478. The molecule has 0 bridgehead atoms. The number of phenols is 7. The Morgan fingerprint density at radius 2 is 0.940 bits per heavy atom. The van der Waals surface area contributed by atoms with Gasteiger partial charge in [0.1, 0.15) is 40.2 Å². The molecular formula is C70H89Br7O7. The Bertz CT molecular complexity index is 2880. The Morgan fingerprint density at radius 3 is 1.48 bits per heavy atom. The van der Waals surface area contributed by atoms with E-state index in [0.29, 0.717) is 46.3 Å². The highest BCUT2D eigenvalue weighted by Crippen LogP contribution is 2.39. The Kier molecular flexibility index (Phi) is 39.4. The summed E-state index contributed by atoms with van der Waals surface area (Å²) in [4.78, 5) is 0. The predicted octanol–water partition coefficient (Wildman–Crippen LogP) is 25.0. The van der Waals surface area contributed by atoms with Crippen LogP contribution < -0.4 is 0 Å². The molecule has 1 unspecified atom stereocenters. The molecule has 1 aliphatic rings. The Hall–Kier alpha value is -3.50. The first-order valence-corrected chi connectivity index (χ1v) is 34.8. The topological polar surface area (TPSA) is 142 Å². The molecule has 7 nitrogen and oxygen atoms in total. The number of para-hydroxylation sites is 1. The van der Waals surface area contributed by atoms with E-state index in [1.807, 2.05) is 54.6 Å². The van der Waals surface area contributed by atoms with Crippen molar-refractivity contribution in [2.75, 3.05) is 0 Å². The zero-order valence-electron chi connectivity index (χ0n) is 49.9. The molecule has 7 aromatic carbocycles. The zero-order valence-corrected chi connectivity index (χ0v) is 61.0. The molecule has 8 rings (SSSR count). The molecule has 0 heterocycles. The van der Waals surface area contributed by atoms with Gasteiger partial charge in [-0.25, -0.2) is 0 Å². The van der Waals surface area contributed by atoms with Crippen LogP contribution in [0.4, 0.5) is 0 Å². The lowest BCUT2D eigenvalue weighted by Gasteiger charge is -2.24. The summed E-state index contributed by atoms with van der Waals surface area (Å²) in [5, 5.41) is 65.5. The average Bonchev–Trinajstić information content (AvgIpc) is 3.50.